The SMILES string of the molecule is C=CC(=O)N1CC(NC(=O)Cn2cc(C(=O)NCCc3ccccc3)c3cc(Br)ccc32)C1. The molecule has 2 aromatic carbocycles. The summed E-state index contributed by atoms with van der Waals surface area (Å²) in [5.41, 5.74) is 2.49. The standard InChI is InChI=1S/C25H25BrN4O3/c1-2-24(32)30-13-19(14-30)28-23(31)16-29-15-21(20-12-18(26)8-9-22(20)29)25(33)27-11-10-17-6-4-3-5-7-17/h2-9,12,15,19H,1,10-11,13-14,16H2,(H,27,33)(H,28,31). The minimum Gasteiger partial charge on any atom is -0.352 e. The number of halogens is 1. The van der Waals surface area contributed by atoms with Gasteiger partial charge in [0.05, 0.1) is 11.6 Å². The first kappa shape index (κ1) is 22.8. The number of nitrogens with zero attached hydrogens (tertiary/aromatic N) is 2. The van der Waals surface area contributed by atoms with E-state index in [1.807, 2.05) is 48.5 Å². The molecule has 0 aliphatic carbocycles. The Kier molecular flexibility index (Phi) is 6.93. The van der Waals surface area contributed by atoms with Gasteiger partial charge in [-0.05, 0) is 36.3 Å². The fourth-order valence-corrected chi connectivity index (χ4v) is 4.31. The number of hydrogen-bond donors (Lipinski definition) is 2. The molecule has 1 aliphatic rings. The zero-order chi connectivity index (χ0) is 23.4. The second kappa shape index (κ2) is 10.0. The summed E-state index contributed by atoms with van der Waals surface area (Å²) in [5, 5.41) is 6.71. The Morgan fingerprint density at radius 1 is 1.12 bits per heavy atom. The van der Waals surface area contributed by atoms with E-state index in [-0.39, 0.29) is 30.3 Å². The van der Waals surface area contributed by atoms with Crippen LogP contribution in [0.25, 0.3) is 10.9 Å². The monoisotopic (exact) mass is 508 g/mol. The van der Waals surface area contributed by atoms with E-state index in [4.69, 9.17) is 0 Å². The Balaban J connectivity index is 1.42. The van der Waals surface area contributed by atoms with E-state index in [1.165, 1.54) is 6.08 Å². The van der Waals surface area contributed by atoms with Gasteiger partial charge < -0.3 is 20.1 Å². The van der Waals surface area contributed by atoms with Gasteiger partial charge in [0.2, 0.25) is 11.8 Å². The van der Waals surface area contributed by atoms with Gasteiger partial charge in [-0.2, -0.15) is 0 Å². The minimum absolute atomic E-state index is 0.0712. The molecule has 0 unspecified atom stereocenters. The van der Waals surface area contributed by atoms with Crippen molar-refractivity contribution in [3.05, 3.63) is 83.0 Å². The first-order chi connectivity index (χ1) is 15.9. The molecule has 7 nitrogen and oxygen atoms in total. The predicted octanol–water partition coefficient (Wildman–Crippen LogP) is 2.89. The third-order valence-corrected chi connectivity index (χ3v) is 6.17. The Morgan fingerprint density at radius 2 is 1.88 bits per heavy atom. The second-order valence-corrected chi connectivity index (χ2v) is 8.95. The van der Waals surface area contributed by atoms with Crippen molar-refractivity contribution in [2.75, 3.05) is 19.6 Å². The molecule has 4 rings (SSSR count). The summed E-state index contributed by atoms with van der Waals surface area (Å²) in [4.78, 5) is 38.7. The van der Waals surface area contributed by atoms with E-state index < -0.39 is 0 Å². The van der Waals surface area contributed by atoms with Crippen molar-refractivity contribution < 1.29 is 14.4 Å². The number of hydrogen-bond acceptors (Lipinski definition) is 3. The molecule has 0 saturated carbocycles. The molecule has 170 valence electrons. The minimum atomic E-state index is -0.175. The highest BCUT2D eigenvalue weighted by Gasteiger charge is 2.30. The molecule has 0 atom stereocenters. The number of rotatable bonds is 8. The lowest BCUT2D eigenvalue weighted by Crippen LogP contribution is -2.61. The van der Waals surface area contributed by atoms with E-state index in [2.05, 4.69) is 33.1 Å². The molecule has 3 amide bonds. The summed E-state index contributed by atoms with van der Waals surface area (Å²) in [6.45, 7) is 5.03. The molecule has 1 aromatic heterocycles. The lowest BCUT2D eigenvalue weighted by Gasteiger charge is -2.38. The quantitative estimate of drug-likeness (QED) is 0.459. The van der Waals surface area contributed by atoms with Crippen molar-refractivity contribution in [1.29, 1.82) is 0 Å². The van der Waals surface area contributed by atoms with Gasteiger partial charge in [-0.3, -0.25) is 14.4 Å². The number of carbonyl (C=O) groups is 3. The van der Waals surface area contributed by atoms with Crippen molar-refractivity contribution in [3.8, 4) is 0 Å². The Hall–Kier alpha value is -3.39. The highest BCUT2D eigenvalue weighted by molar-refractivity contribution is 9.10. The lowest BCUT2D eigenvalue weighted by atomic mass is 10.1. The van der Waals surface area contributed by atoms with Crippen molar-refractivity contribution in [3.63, 3.8) is 0 Å². The predicted molar refractivity (Wildman–Crippen MR) is 131 cm³/mol. The van der Waals surface area contributed by atoms with E-state index in [0.29, 0.717) is 25.2 Å². The van der Waals surface area contributed by atoms with Crippen LogP contribution >= 0.6 is 15.9 Å². The van der Waals surface area contributed by atoms with Crippen molar-refractivity contribution in [1.82, 2.24) is 20.1 Å². The molecule has 8 heteroatoms. The highest BCUT2D eigenvalue weighted by atomic mass is 79.9. The van der Waals surface area contributed by atoms with Gasteiger partial charge in [0.25, 0.3) is 5.91 Å². The topological polar surface area (TPSA) is 83.4 Å². The molecule has 0 radical (unpaired) electrons. The van der Waals surface area contributed by atoms with Crippen LogP contribution in [0.4, 0.5) is 0 Å². The van der Waals surface area contributed by atoms with Gasteiger partial charge in [0, 0.05) is 41.2 Å². The first-order valence-electron chi connectivity index (χ1n) is 10.8. The maximum absolute atomic E-state index is 12.9. The number of fused-ring (bicyclic) bond motifs is 1. The van der Waals surface area contributed by atoms with Crippen LogP contribution in [0.1, 0.15) is 15.9 Å². The molecule has 1 fully saturated rings. The van der Waals surface area contributed by atoms with Crippen molar-refractivity contribution in [2.45, 2.75) is 19.0 Å². The molecule has 2 N–H and O–H groups in total. The van der Waals surface area contributed by atoms with Crippen LogP contribution in [0.15, 0.2) is 71.9 Å². The van der Waals surface area contributed by atoms with E-state index in [9.17, 15) is 14.4 Å². The fourth-order valence-electron chi connectivity index (χ4n) is 3.95. The highest BCUT2D eigenvalue weighted by Crippen LogP contribution is 2.25. The molecule has 3 aromatic rings. The zero-order valence-electron chi connectivity index (χ0n) is 18.1. The normalized spacial score (nSPS) is 13.4. The average Bonchev–Trinajstić information content (AvgIpc) is 3.13. The smallest absolute Gasteiger partial charge is 0.253 e. The Labute approximate surface area is 200 Å². The van der Waals surface area contributed by atoms with Crippen LogP contribution in [-0.4, -0.2) is 52.9 Å². The van der Waals surface area contributed by atoms with E-state index >= 15 is 0 Å². The Bertz CT molecular complexity index is 1200. The number of nitrogens with one attached hydrogen (secondary N) is 2. The van der Waals surface area contributed by atoms with Crippen LogP contribution in [0, 0.1) is 0 Å². The summed E-state index contributed by atoms with van der Waals surface area (Å²) >= 11 is 3.47. The lowest BCUT2D eigenvalue weighted by molar-refractivity contribution is -0.133. The van der Waals surface area contributed by atoms with E-state index in [0.717, 1.165) is 27.4 Å². The number of carbonyl (C=O) groups excluding carboxylic acids is 3. The molecule has 0 spiro atoms. The first-order valence-corrected chi connectivity index (χ1v) is 11.5. The number of aromatic nitrogens is 1. The maximum Gasteiger partial charge on any atom is 0.253 e. The summed E-state index contributed by atoms with van der Waals surface area (Å²) in [6, 6.07) is 15.6. The van der Waals surface area contributed by atoms with Crippen molar-refractivity contribution >= 4 is 44.6 Å². The van der Waals surface area contributed by atoms with Gasteiger partial charge in [-0.15, -0.1) is 0 Å². The molecular formula is C25H25BrN4O3. The molecule has 33 heavy (non-hydrogen) atoms. The third kappa shape index (κ3) is 5.34. The zero-order valence-corrected chi connectivity index (χ0v) is 19.7. The van der Waals surface area contributed by atoms with Gasteiger partial charge >= 0.3 is 0 Å². The molecule has 1 aliphatic heterocycles. The molecule has 2 heterocycles. The number of amides is 3. The molecule has 0 bridgehead atoms. The second-order valence-electron chi connectivity index (χ2n) is 8.04. The number of likely N-dealkylation sites (tertiary alicyclic amines) is 1. The maximum atomic E-state index is 12.9. The van der Waals surface area contributed by atoms with Crippen LogP contribution in [0.3, 0.4) is 0 Å². The van der Waals surface area contributed by atoms with Crippen LogP contribution in [0.2, 0.25) is 0 Å². The van der Waals surface area contributed by atoms with Crippen LogP contribution < -0.4 is 10.6 Å². The summed E-state index contributed by atoms with van der Waals surface area (Å²) in [7, 11) is 0. The summed E-state index contributed by atoms with van der Waals surface area (Å²) < 4.78 is 2.64. The molecular weight excluding hydrogens is 484 g/mol. The van der Waals surface area contributed by atoms with Crippen LogP contribution in [-0.2, 0) is 22.6 Å². The van der Waals surface area contributed by atoms with Gasteiger partial charge in [-0.25, -0.2) is 0 Å². The van der Waals surface area contributed by atoms with Gasteiger partial charge in [0.1, 0.15) is 6.54 Å². The van der Waals surface area contributed by atoms with Gasteiger partial charge in [-0.1, -0.05) is 52.8 Å². The van der Waals surface area contributed by atoms with Gasteiger partial charge in [0.15, 0.2) is 0 Å². The van der Waals surface area contributed by atoms with E-state index in [1.54, 1.807) is 15.7 Å². The number of benzene rings is 2. The van der Waals surface area contributed by atoms with Crippen molar-refractivity contribution in [2.24, 2.45) is 0 Å². The third-order valence-electron chi connectivity index (χ3n) is 5.68. The average molecular weight is 509 g/mol. The summed E-state index contributed by atoms with van der Waals surface area (Å²) in [5.74, 6) is -0.474. The fraction of sp³-hybridized carbons (Fsp3) is 0.240. The Morgan fingerprint density at radius 3 is 2.61 bits per heavy atom. The largest absolute Gasteiger partial charge is 0.352 e. The molecule has 1 saturated heterocycles. The summed E-state index contributed by atoms with van der Waals surface area (Å²) in [6.07, 6.45) is 3.74. The van der Waals surface area contributed by atoms with Crippen LogP contribution in [0.5, 0.6) is 0 Å².